The minimum atomic E-state index is -0.978. The van der Waals surface area contributed by atoms with Crippen molar-refractivity contribution in [2.45, 2.75) is 46.3 Å². The second-order valence-electron chi connectivity index (χ2n) is 10.8. The first kappa shape index (κ1) is 31.7. The number of esters is 1. The fourth-order valence-electron chi connectivity index (χ4n) is 3.61. The summed E-state index contributed by atoms with van der Waals surface area (Å²) >= 11 is 1.50. The van der Waals surface area contributed by atoms with Gasteiger partial charge in [0.2, 0.25) is 0 Å². The van der Waals surface area contributed by atoms with Crippen LogP contribution in [0.15, 0.2) is 48.6 Å². The number of urea groups is 1. The predicted octanol–water partition coefficient (Wildman–Crippen LogP) is 5.56. The van der Waals surface area contributed by atoms with Crippen LogP contribution in [0.4, 0.5) is 13.6 Å². The molecule has 1 aliphatic heterocycles. The van der Waals surface area contributed by atoms with E-state index in [1.807, 2.05) is 0 Å². The van der Waals surface area contributed by atoms with Gasteiger partial charge in [0, 0.05) is 23.9 Å². The molecule has 1 atom stereocenters. The van der Waals surface area contributed by atoms with Gasteiger partial charge in [-0.15, -0.1) is 0 Å². The van der Waals surface area contributed by atoms with Crippen LogP contribution in [0.25, 0.3) is 0 Å². The van der Waals surface area contributed by atoms with Crippen molar-refractivity contribution < 1.29 is 32.6 Å². The molecule has 0 unspecified atom stereocenters. The van der Waals surface area contributed by atoms with Crippen molar-refractivity contribution in [2.75, 3.05) is 24.7 Å². The molecule has 0 fully saturated rings. The number of thioether (sulfide) groups is 1. The van der Waals surface area contributed by atoms with E-state index in [1.54, 1.807) is 45.1 Å². The summed E-state index contributed by atoms with van der Waals surface area (Å²) in [6.45, 7) is 9.42. The molecule has 0 aromatic heterocycles. The lowest BCUT2D eigenvalue weighted by molar-refractivity contribution is -0.156. The zero-order valence-electron chi connectivity index (χ0n) is 23.8. The normalized spacial score (nSPS) is 14.8. The van der Waals surface area contributed by atoms with Crippen molar-refractivity contribution >= 4 is 29.7 Å². The van der Waals surface area contributed by atoms with Crippen molar-refractivity contribution in [3.8, 4) is 17.6 Å². The maximum Gasteiger partial charge on any atom is 0.330 e. The average molecular weight is 585 g/mol. The fraction of sp³-hybridized carbons (Fsp3) is 0.387. The number of amides is 3. The van der Waals surface area contributed by atoms with Gasteiger partial charge in [0.25, 0.3) is 5.91 Å². The van der Waals surface area contributed by atoms with Gasteiger partial charge < -0.3 is 14.8 Å². The van der Waals surface area contributed by atoms with Gasteiger partial charge in [-0.1, -0.05) is 31.8 Å². The highest BCUT2D eigenvalue weighted by molar-refractivity contribution is 7.99. The molecule has 0 radical (unpaired) electrons. The summed E-state index contributed by atoms with van der Waals surface area (Å²) in [6.07, 6.45) is 3.30. The van der Waals surface area contributed by atoms with E-state index in [2.05, 4.69) is 31.0 Å². The highest BCUT2D eigenvalue weighted by Crippen LogP contribution is 2.24. The smallest absolute Gasteiger partial charge is 0.330 e. The van der Waals surface area contributed by atoms with E-state index in [4.69, 9.17) is 9.47 Å². The van der Waals surface area contributed by atoms with Crippen molar-refractivity contribution in [1.82, 2.24) is 10.2 Å². The number of hydrogen-bond acceptors (Lipinski definition) is 6. The van der Waals surface area contributed by atoms with E-state index >= 15 is 0 Å². The quantitative estimate of drug-likeness (QED) is 0.272. The second kappa shape index (κ2) is 14.2. The lowest BCUT2D eigenvalue weighted by Gasteiger charge is -2.27. The Balaban J connectivity index is 1.88. The van der Waals surface area contributed by atoms with Crippen LogP contribution in [0, 0.1) is 29.4 Å². The Hall–Kier alpha value is -3.84. The monoisotopic (exact) mass is 584 g/mol. The molecule has 10 heteroatoms. The van der Waals surface area contributed by atoms with Gasteiger partial charge in [0.05, 0.1) is 11.1 Å². The Bertz CT molecular complexity index is 1370. The minimum Gasteiger partial charge on any atom is -0.489 e. The van der Waals surface area contributed by atoms with Gasteiger partial charge in [-0.05, 0) is 68.8 Å². The molecule has 1 heterocycles. The molecule has 2 aromatic carbocycles. The summed E-state index contributed by atoms with van der Waals surface area (Å²) in [7, 11) is 0. The highest BCUT2D eigenvalue weighted by atomic mass is 32.2. The van der Waals surface area contributed by atoms with Crippen LogP contribution < -0.4 is 10.1 Å². The number of carbonyl (C=O) groups excluding carboxylic acids is 3. The molecule has 7 nitrogen and oxygen atoms in total. The lowest BCUT2D eigenvalue weighted by Crippen LogP contribution is -2.52. The third-order valence-corrected chi connectivity index (χ3v) is 6.96. The first-order chi connectivity index (χ1) is 19.3. The molecule has 3 amide bonds. The summed E-state index contributed by atoms with van der Waals surface area (Å²) in [5, 5.41) is 2.68. The molecule has 1 aliphatic rings. The van der Waals surface area contributed by atoms with Crippen molar-refractivity contribution in [2.24, 2.45) is 5.92 Å². The van der Waals surface area contributed by atoms with Gasteiger partial charge in [0.1, 0.15) is 35.6 Å². The van der Waals surface area contributed by atoms with E-state index in [1.165, 1.54) is 23.9 Å². The average Bonchev–Trinajstić information content (AvgIpc) is 2.95. The number of nitrogens with one attached hydrogen (secondary N) is 1. The summed E-state index contributed by atoms with van der Waals surface area (Å²) < 4.78 is 38.5. The van der Waals surface area contributed by atoms with E-state index in [-0.39, 0.29) is 35.8 Å². The summed E-state index contributed by atoms with van der Waals surface area (Å²) in [5.74, 6) is 4.28. The van der Waals surface area contributed by atoms with Crippen LogP contribution in [-0.2, 0) is 9.53 Å². The predicted molar refractivity (Wildman–Crippen MR) is 155 cm³/mol. The SMILES string of the molecule is CC(C)CSC[C@H](NC(=O)N1C/C=C\COc2ccc(C#Cc3ccc(F)cc3F)cc2C1=O)C(=O)OC(C)(C)C. The number of ether oxygens (including phenoxy) is 2. The maximum absolute atomic E-state index is 14.0. The number of imide groups is 1. The van der Waals surface area contributed by atoms with Gasteiger partial charge in [-0.2, -0.15) is 11.8 Å². The van der Waals surface area contributed by atoms with Crippen molar-refractivity contribution in [3.63, 3.8) is 0 Å². The molecule has 218 valence electrons. The molecule has 41 heavy (non-hydrogen) atoms. The van der Waals surface area contributed by atoms with E-state index in [9.17, 15) is 23.2 Å². The Kier molecular flexibility index (Phi) is 11.0. The number of carbonyl (C=O) groups is 3. The molecular formula is C31H34F2N2O5S. The summed E-state index contributed by atoms with van der Waals surface area (Å²) in [5.41, 5.74) is -0.345. The van der Waals surface area contributed by atoms with Crippen LogP contribution in [0.3, 0.4) is 0 Å². The third-order valence-electron chi connectivity index (χ3n) is 5.49. The van der Waals surface area contributed by atoms with Gasteiger partial charge in [0.15, 0.2) is 0 Å². The number of hydrogen-bond donors (Lipinski definition) is 1. The number of benzene rings is 2. The van der Waals surface area contributed by atoms with Crippen molar-refractivity contribution in [1.29, 1.82) is 0 Å². The van der Waals surface area contributed by atoms with Crippen molar-refractivity contribution in [3.05, 3.63) is 76.9 Å². The van der Waals surface area contributed by atoms with Crippen LogP contribution in [0.5, 0.6) is 5.75 Å². The van der Waals surface area contributed by atoms with E-state index < -0.39 is 41.2 Å². The maximum atomic E-state index is 14.0. The van der Waals surface area contributed by atoms with Gasteiger partial charge in [-0.3, -0.25) is 9.69 Å². The van der Waals surface area contributed by atoms with E-state index in [0.717, 1.165) is 22.8 Å². The van der Waals surface area contributed by atoms with Crippen LogP contribution in [0.1, 0.15) is 56.1 Å². The number of fused-ring (bicyclic) bond motifs is 1. The Morgan fingerprint density at radius 1 is 1.10 bits per heavy atom. The molecule has 0 saturated heterocycles. The standard InChI is InChI=1S/C31H34F2N2O5S/c1-20(2)18-41-19-26(29(37)40-31(3,4)5)34-30(38)35-14-6-7-15-39-27-13-9-21(16-24(27)28(35)36)8-10-22-11-12-23(32)17-25(22)33/h6-7,9,11-13,16-17,20,26H,14-15,18-19H2,1-5H3,(H,34,38)/b7-6-/t26-/m0/s1. The summed E-state index contributed by atoms with van der Waals surface area (Å²) in [4.78, 5) is 41.0. The molecule has 0 aliphatic carbocycles. The Labute approximate surface area is 243 Å². The molecule has 2 aromatic rings. The minimum absolute atomic E-state index is 0.00811. The molecule has 0 saturated carbocycles. The first-order valence-electron chi connectivity index (χ1n) is 13.2. The van der Waals surface area contributed by atoms with Gasteiger partial charge >= 0.3 is 12.0 Å². The molecule has 1 N–H and O–H groups in total. The molecule has 3 rings (SSSR count). The second-order valence-corrected chi connectivity index (χ2v) is 11.8. The molecular weight excluding hydrogens is 550 g/mol. The highest BCUT2D eigenvalue weighted by Gasteiger charge is 2.31. The van der Waals surface area contributed by atoms with Crippen LogP contribution in [-0.4, -0.2) is 59.1 Å². The largest absolute Gasteiger partial charge is 0.489 e. The van der Waals surface area contributed by atoms with Crippen LogP contribution in [0.2, 0.25) is 0 Å². The van der Waals surface area contributed by atoms with Gasteiger partial charge in [-0.25, -0.2) is 18.4 Å². The lowest BCUT2D eigenvalue weighted by atomic mass is 10.1. The molecule has 0 spiro atoms. The fourth-order valence-corrected chi connectivity index (χ4v) is 4.67. The Morgan fingerprint density at radius 2 is 1.85 bits per heavy atom. The topological polar surface area (TPSA) is 84.9 Å². The zero-order valence-corrected chi connectivity index (χ0v) is 24.6. The molecule has 0 bridgehead atoms. The number of nitrogens with zero attached hydrogens (tertiary/aromatic N) is 1. The zero-order chi connectivity index (χ0) is 30.2. The Morgan fingerprint density at radius 3 is 2.54 bits per heavy atom. The van der Waals surface area contributed by atoms with E-state index in [0.29, 0.717) is 11.5 Å². The number of rotatable bonds is 6. The summed E-state index contributed by atoms with van der Waals surface area (Å²) in [6, 6.07) is 5.90. The third kappa shape index (κ3) is 9.64. The number of halogens is 2. The first-order valence-corrected chi connectivity index (χ1v) is 14.3. The van der Waals surface area contributed by atoms with Crippen LogP contribution >= 0.6 is 11.8 Å².